The lowest BCUT2D eigenvalue weighted by Crippen LogP contribution is -2.57. The third-order valence-electron chi connectivity index (χ3n) is 10.2. The Morgan fingerprint density at radius 1 is 0.925 bits per heavy atom. The van der Waals surface area contributed by atoms with Gasteiger partial charge in [-0.15, -0.1) is 0 Å². The maximum atomic E-state index is 13.8. The van der Waals surface area contributed by atoms with Gasteiger partial charge in [-0.2, -0.15) is 0 Å². The lowest BCUT2D eigenvalue weighted by atomic mass is 9.61. The van der Waals surface area contributed by atoms with Crippen LogP contribution in [0.25, 0.3) is 0 Å². The lowest BCUT2D eigenvalue weighted by Gasteiger charge is -2.53. The van der Waals surface area contributed by atoms with Gasteiger partial charge >= 0.3 is 5.97 Å². The molecule has 1 saturated heterocycles. The molecule has 0 N–H and O–H groups in total. The van der Waals surface area contributed by atoms with Crippen LogP contribution in [0.1, 0.15) is 71.1 Å². The standard InChI is InChI=1S/C30H46F4O6/c1-19-7-22-11-24(13-26(12-22)30(19,39-6-5-31)40-18-29(33,34)17-32)27(35)36-14-23-15-37-28(38-16-23)25-9-20-3-2-4-21(8-20)10-25/h19-26,28H,2-18H2,1H3. The van der Waals surface area contributed by atoms with Crippen LogP contribution in [-0.4, -0.2) is 70.4 Å². The molecule has 40 heavy (non-hydrogen) atoms. The molecule has 0 spiro atoms. The summed E-state index contributed by atoms with van der Waals surface area (Å²) in [6.45, 7) is -1.09. The highest BCUT2D eigenvalue weighted by molar-refractivity contribution is 5.72. The largest absolute Gasteiger partial charge is 0.465 e. The number of fused-ring (bicyclic) bond motifs is 4. The predicted molar refractivity (Wildman–Crippen MR) is 138 cm³/mol. The highest BCUT2D eigenvalue weighted by Gasteiger charge is 2.55. The normalized spacial score (nSPS) is 41.9. The van der Waals surface area contributed by atoms with E-state index >= 15 is 0 Å². The van der Waals surface area contributed by atoms with Crippen LogP contribution in [0.2, 0.25) is 0 Å². The van der Waals surface area contributed by atoms with Crippen molar-refractivity contribution in [3.8, 4) is 0 Å². The summed E-state index contributed by atoms with van der Waals surface area (Å²) in [7, 11) is 0. The Morgan fingerprint density at radius 3 is 2.33 bits per heavy atom. The average Bonchev–Trinajstić information content (AvgIpc) is 2.95. The zero-order valence-corrected chi connectivity index (χ0v) is 23.7. The molecule has 4 aliphatic carbocycles. The van der Waals surface area contributed by atoms with Crippen molar-refractivity contribution in [2.45, 2.75) is 89.1 Å². The molecule has 0 aromatic heterocycles. The Kier molecular flexibility index (Phi) is 10.0. The highest BCUT2D eigenvalue weighted by atomic mass is 19.3. The zero-order valence-electron chi connectivity index (χ0n) is 23.7. The molecule has 230 valence electrons. The fraction of sp³-hybridized carbons (Fsp3) is 0.967. The van der Waals surface area contributed by atoms with E-state index in [0.717, 1.165) is 11.8 Å². The Balaban J connectivity index is 1.12. The van der Waals surface area contributed by atoms with E-state index in [-0.39, 0.29) is 43.2 Å². The summed E-state index contributed by atoms with van der Waals surface area (Å²) in [5.41, 5.74) is 0. The van der Waals surface area contributed by atoms with Gasteiger partial charge in [-0.1, -0.05) is 26.2 Å². The maximum absolute atomic E-state index is 13.8. The van der Waals surface area contributed by atoms with Gasteiger partial charge in [0.2, 0.25) is 0 Å². The summed E-state index contributed by atoms with van der Waals surface area (Å²) in [6, 6.07) is 0. The molecule has 0 radical (unpaired) electrons. The monoisotopic (exact) mass is 578 g/mol. The molecule has 5 rings (SSSR count). The first-order valence-corrected chi connectivity index (χ1v) is 15.4. The van der Waals surface area contributed by atoms with Crippen LogP contribution < -0.4 is 0 Å². The fourth-order valence-corrected chi connectivity index (χ4v) is 8.48. The summed E-state index contributed by atoms with van der Waals surface area (Å²) < 4.78 is 82.8. The molecule has 1 heterocycles. The summed E-state index contributed by atoms with van der Waals surface area (Å²) >= 11 is 0. The summed E-state index contributed by atoms with van der Waals surface area (Å²) in [5, 5.41) is 0. The summed E-state index contributed by atoms with van der Waals surface area (Å²) in [4.78, 5) is 13.2. The molecule has 4 saturated carbocycles. The van der Waals surface area contributed by atoms with Gasteiger partial charge < -0.3 is 23.7 Å². The highest BCUT2D eigenvalue weighted by Crippen LogP contribution is 2.53. The van der Waals surface area contributed by atoms with E-state index in [9.17, 15) is 22.4 Å². The first kappa shape index (κ1) is 30.5. The number of hydrogen-bond donors (Lipinski definition) is 0. The molecule has 7 unspecified atom stereocenters. The molecule has 4 bridgehead atoms. The molecular weight excluding hydrogens is 532 g/mol. The van der Waals surface area contributed by atoms with Crippen LogP contribution in [0.15, 0.2) is 0 Å². The molecule has 5 aliphatic rings. The molecule has 7 atom stereocenters. The van der Waals surface area contributed by atoms with Crippen molar-refractivity contribution in [1.82, 2.24) is 0 Å². The number of carbonyl (C=O) groups is 1. The van der Waals surface area contributed by atoms with Gasteiger partial charge in [0.1, 0.15) is 13.3 Å². The van der Waals surface area contributed by atoms with E-state index in [1.54, 1.807) is 0 Å². The Labute approximate surface area is 235 Å². The summed E-state index contributed by atoms with van der Waals surface area (Å²) in [6.07, 6.45) is 9.69. The van der Waals surface area contributed by atoms with E-state index in [2.05, 4.69) is 0 Å². The van der Waals surface area contributed by atoms with Crippen LogP contribution in [0, 0.1) is 47.3 Å². The van der Waals surface area contributed by atoms with Gasteiger partial charge in [0.25, 0.3) is 5.92 Å². The molecule has 0 amide bonds. The van der Waals surface area contributed by atoms with Crippen LogP contribution in [0.3, 0.4) is 0 Å². The summed E-state index contributed by atoms with van der Waals surface area (Å²) in [5.74, 6) is -4.43. The van der Waals surface area contributed by atoms with Gasteiger partial charge in [-0.05, 0) is 62.7 Å². The van der Waals surface area contributed by atoms with Gasteiger partial charge in [-0.3, -0.25) is 4.79 Å². The zero-order chi connectivity index (χ0) is 28.3. The van der Waals surface area contributed by atoms with Gasteiger partial charge in [-0.25, -0.2) is 17.6 Å². The minimum atomic E-state index is -3.66. The molecule has 0 aromatic rings. The van der Waals surface area contributed by atoms with Crippen molar-refractivity contribution >= 4 is 5.97 Å². The number of carbonyl (C=O) groups excluding carboxylic acids is 1. The van der Waals surface area contributed by atoms with E-state index in [1.807, 2.05) is 6.92 Å². The van der Waals surface area contributed by atoms with Crippen LogP contribution >= 0.6 is 0 Å². The Bertz CT molecular complexity index is 825. The fourth-order valence-electron chi connectivity index (χ4n) is 8.48. The van der Waals surface area contributed by atoms with Crippen molar-refractivity contribution in [1.29, 1.82) is 0 Å². The van der Waals surface area contributed by atoms with Gasteiger partial charge in [0.15, 0.2) is 18.8 Å². The Hall–Kier alpha value is -0.970. The quantitative estimate of drug-likeness (QED) is 0.168. The molecule has 10 heteroatoms. The molecule has 5 fully saturated rings. The van der Waals surface area contributed by atoms with Crippen LogP contribution in [-0.2, 0) is 28.5 Å². The topological polar surface area (TPSA) is 63.2 Å². The third kappa shape index (κ3) is 6.97. The van der Waals surface area contributed by atoms with E-state index in [4.69, 9.17) is 23.7 Å². The van der Waals surface area contributed by atoms with Crippen molar-refractivity contribution in [2.75, 3.05) is 46.4 Å². The van der Waals surface area contributed by atoms with Gasteiger partial charge in [0, 0.05) is 23.7 Å². The minimum absolute atomic E-state index is 0.0374. The van der Waals surface area contributed by atoms with Crippen molar-refractivity contribution < 1.29 is 46.0 Å². The van der Waals surface area contributed by atoms with Crippen LogP contribution in [0.4, 0.5) is 17.6 Å². The smallest absolute Gasteiger partial charge is 0.308 e. The number of alkyl halides is 4. The number of esters is 1. The number of halogens is 4. The second-order valence-electron chi connectivity index (χ2n) is 13.3. The third-order valence-corrected chi connectivity index (χ3v) is 10.2. The van der Waals surface area contributed by atoms with E-state index < -0.39 is 43.5 Å². The number of rotatable bonds is 11. The maximum Gasteiger partial charge on any atom is 0.308 e. The van der Waals surface area contributed by atoms with E-state index in [1.165, 1.54) is 38.5 Å². The SMILES string of the molecule is CC1CC2CC(C(=O)OCC3COC(C4CC5CCCC(C5)C4)OC3)CC(C2)C1(OCCF)OCC(F)(F)CF. The molecule has 1 aliphatic heterocycles. The predicted octanol–water partition coefficient (Wildman–Crippen LogP) is 6.11. The second-order valence-corrected chi connectivity index (χ2v) is 13.3. The minimum Gasteiger partial charge on any atom is -0.465 e. The average molecular weight is 579 g/mol. The molecular formula is C30H46F4O6. The van der Waals surface area contributed by atoms with Gasteiger partial charge in [0.05, 0.1) is 32.3 Å². The Morgan fingerprint density at radius 2 is 1.65 bits per heavy atom. The second kappa shape index (κ2) is 13.1. The lowest BCUT2D eigenvalue weighted by molar-refractivity contribution is -0.332. The number of ether oxygens (including phenoxy) is 5. The van der Waals surface area contributed by atoms with E-state index in [0.29, 0.717) is 44.8 Å². The van der Waals surface area contributed by atoms with Crippen molar-refractivity contribution in [3.63, 3.8) is 0 Å². The number of hydrogen-bond acceptors (Lipinski definition) is 6. The van der Waals surface area contributed by atoms with Crippen molar-refractivity contribution in [2.24, 2.45) is 47.3 Å². The van der Waals surface area contributed by atoms with Crippen molar-refractivity contribution in [3.05, 3.63) is 0 Å². The first-order chi connectivity index (χ1) is 19.2. The first-order valence-electron chi connectivity index (χ1n) is 15.4. The molecule has 0 aromatic carbocycles. The molecule has 6 nitrogen and oxygen atoms in total. The van der Waals surface area contributed by atoms with Crippen LogP contribution in [0.5, 0.6) is 0 Å².